The van der Waals surface area contributed by atoms with Crippen LogP contribution in [0.4, 0.5) is 54.5 Å². The van der Waals surface area contributed by atoms with Crippen LogP contribution in [-0.4, -0.2) is 121 Å². The molecule has 5 aromatic rings. The van der Waals surface area contributed by atoms with Crippen LogP contribution in [-0.2, 0) is 65.7 Å². The number of pyridine rings is 1. The number of benzene rings is 2. The van der Waals surface area contributed by atoms with Crippen LogP contribution in [0, 0.1) is 29.4 Å². The standard InChI is InChI=1S/C46H43ClF10N8O8S2/c1-43(2,74(3,68)69)10-9-27-5-6-28(29-7-8-32(47)36-38(29)64(23-44(50,51)52)61-41(36)65(75(4,70)71)42(67)73-16-13-62-11-14-72-15-12-62)37(58-27)33(19-24-17-25(48)20-26(49)18-24)59-34(66)22-63-40-35(39(60-63)46(55,56)57)30-21-31(30)45(40,53)54/h5-8,17-18,20,30-31,33H,11-16,19,21-23H2,1-4H3,(H,59,66)/t30-,31+,33-/m0/s1. The van der Waals surface area contributed by atoms with Crippen LogP contribution in [0.1, 0.15) is 66.1 Å². The van der Waals surface area contributed by atoms with Crippen LogP contribution in [0.15, 0.2) is 42.5 Å². The Bertz CT molecular complexity index is 3390. The summed E-state index contributed by atoms with van der Waals surface area (Å²) in [4.78, 5) is 34.3. The third-order valence-corrected chi connectivity index (χ3v) is 16.0. The summed E-state index contributed by atoms with van der Waals surface area (Å²) in [7, 11) is -8.74. The summed E-state index contributed by atoms with van der Waals surface area (Å²) in [6, 6.07) is 4.84. The number of rotatable bonds is 14. The molecule has 0 spiro atoms. The Morgan fingerprint density at radius 2 is 1.61 bits per heavy atom. The molecular weight excluding hydrogens is 1080 g/mol. The van der Waals surface area contributed by atoms with Crippen molar-refractivity contribution in [3.05, 3.63) is 93.0 Å². The zero-order valence-electron chi connectivity index (χ0n) is 39.7. The molecule has 0 radical (unpaired) electrons. The lowest BCUT2D eigenvalue weighted by Crippen LogP contribution is -2.41. The van der Waals surface area contributed by atoms with E-state index in [1.54, 1.807) is 0 Å². The lowest BCUT2D eigenvalue weighted by atomic mass is 9.93. The zero-order chi connectivity index (χ0) is 55.0. The van der Waals surface area contributed by atoms with E-state index >= 15 is 8.78 Å². The fourth-order valence-corrected chi connectivity index (χ4v) is 10.2. The number of nitrogens with one attached hydrogen (secondary N) is 1. The van der Waals surface area contributed by atoms with Gasteiger partial charge < -0.3 is 14.8 Å². The van der Waals surface area contributed by atoms with Crippen molar-refractivity contribution in [1.82, 2.24) is 34.8 Å². The number of carbonyl (C=O) groups excluding carboxylic acids is 2. The second kappa shape index (κ2) is 19.8. The second-order valence-electron chi connectivity index (χ2n) is 18.6. The maximum absolute atomic E-state index is 15.6. The Labute approximate surface area is 426 Å². The van der Waals surface area contributed by atoms with E-state index in [0.717, 1.165) is 42.7 Å². The number of hydrogen-bond donors (Lipinski definition) is 1. The van der Waals surface area contributed by atoms with Gasteiger partial charge in [0.15, 0.2) is 21.3 Å². The van der Waals surface area contributed by atoms with Crippen molar-refractivity contribution >= 4 is 60.2 Å². The number of anilines is 1. The summed E-state index contributed by atoms with van der Waals surface area (Å²) in [5, 5.41) is 8.73. The fraction of sp³-hybridized carbons (Fsp3) is 0.457. The van der Waals surface area contributed by atoms with Gasteiger partial charge in [-0.15, -0.1) is 0 Å². The molecule has 1 saturated heterocycles. The first-order chi connectivity index (χ1) is 34.7. The summed E-state index contributed by atoms with van der Waals surface area (Å²) in [5.74, 6) is -5.98. The van der Waals surface area contributed by atoms with Crippen molar-refractivity contribution in [2.24, 2.45) is 5.92 Å². The maximum atomic E-state index is 15.6. The smallest absolute Gasteiger partial charge is 0.435 e. The van der Waals surface area contributed by atoms with Crippen LogP contribution in [0.5, 0.6) is 0 Å². The van der Waals surface area contributed by atoms with Gasteiger partial charge in [-0.25, -0.2) is 35.4 Å². The van der Waals surface area contributed by atoms with Gasteiger partial charge in [-0.2, -0.15) is 49.6 Å². The Morgan fingerprint density at radius 3 is 2.23 bits per heavy atom. The van der Waals surface area contributed by atoms with E-state index in [0.29, 0.717) is 38.6 Å². The molecule has 1 aliphatic heterocycles. The van der Waals surface area contributed by atoms with E-state index in [1.165, 1.54) is 13.8 Å². The molecule has 2 fully saturated rings. The van der Waals surface area contributed by atoms with Crippen molar-refractivity contribution in [3.63, 3.8) is 0 Å². The van der Waals surface area contributed by atoms with E-state index in [1.807, 2.05) is 4.90 Å². The van der Waals surface area contributed by atoms with Gasteiger partial charge in [-0.3, -0.25) is 19.1 Å². The Hall–Kier alpha value is -6.02. The highest BCUT2D eigenvalue weighted by Gasteiger charge is 2.68. The molecule has 0 unspecified atom stereocenters. The molecule has 1 saturated carbocycles. The highest BCUT2D eigenvalue weighted by atomic mass is 35.5. The molecule has 0 bridgehead atoms. The average molecular weight is 1130 g/mol. The summed E-state index contributed by atoms with van der Waals surface area (Å²) in [5.41, 5.74) is -5.84. The number of morpholine rings is 1. The molecule has 2 aliphatic carbocycles. The number of amides is 2. The molecule has 3 aliphatic rings. The quantitative estimate of drug-likeness (QED) is 0.0852. The monoisotopic (exact) mass is 1120 g/mol. The topological polar surface area (TPSA) is 188 Å². The molecule has 3 aromatic heterocycles. The van der Waals surface area contributed by atoms with Crippen molar-refractivity contribution in [3.8, 4) is 23.0 Å². The van der Waals surface area contributed by atoms with E-state index < -0.39 is 155 Å². The Morgan fingerprint density at radius 1 is 0.960 bits per heavy atom. The van der Waals surface area contributed by atoms with Gasteiger partial charge in [0.25, 0.3) is 5.92 Å². The lowest BCUT2D eigenvalue weighted by Gasteiger charge is -2.26. The third kappa shape index (κ3) is 11.6. The third-order valence-electron chi connectivity index (χ3n) is 12.7. The molecular formula is C46H43ClF10N8O8S2. The number of hydrogen-bond acceptors (Lipinski definition) is 12. The Balaban J connectivity index is 1.32. The van der Waals surface area contributed by atoms with Crippen molar-refractivity contribution in [1.29, 1.82) is 0 Å². The van der Waals surface area contributed by atoms with Gasteiger partial charge in [0, 0.05) is 54.6 Å². The summed E-state index contributed by atoms with van der Waals surface area (Å²) < 4.78 is 209. The number of carbonyl (C=O) groups is 2. The molecule has 8 rings (SSSR count). The zero-order valence-corrected chi connectivity index (χ0v) is 42.1. The maximum Gasteiger partial charge on any atom is 0.435 e. The normalized spacial score (nSPS) is 18.2. The van der Waals surface area contributed by atoms with Crippen molar-refractivity contribution in [2.75, 3.05) is 56.3 Å². The van der Waals surface area contributed by atoms with Gasteiger partial charge >= 0.3 is 18.4 Å². The van der Waals surface area contributed by atoms with Gasteiger partial charge in [-0.1, -0.05) is 23.6 Å². The summed E-state index contributed by atoms with van der Waals surface area (Å²) in [6.45, 7) is 0.533. The predicted molar refractivity (Wildman–Crippen MR) is 249 cm³/mol. The molecule has 1 N–H and O–H groups in total. The number of alkyl halides is 8. The Kier molecular flexibility index (Phi) is 14.6. The first kappa shape index (κ1) is 55.2. The van der Waals surface area contributed by atoms with Crippen LogP contribution < -0.4 is 9.62 Å². The van der Waals surface area contributed by atoms with Gasteiger partial charge in [0.1, 0.15) is 47.5 Å². The number of sulfonamides is 1. The highest BCUT2D eigenvalue weighted by Crippen LogP contribution is 2.68. The minimum atomic E-state index is -5.22. The molecule has 2 aromatic carbocycles. The van der Waals surface area contributed by atoms with Crippen LogP contribution in [0.25, 0.3) is 22.0 Å². The average Bonchev–Trinajstić information content (AvgIpc) is 3.80. The predicted octanol–water partition coefficient (Wildman–Crippen LogP) is 7.53. The molecule has 4 heterocycles. The molecule has 2 amide bonds. The number of halogens is 11. The van der Waals surface area contributed by atoms with Crippen LogP contribution in [0.2, 0.25) is 5.02 Å². The van der Waals surface area contributed by atoms with Crippen molar-refractivity contribution in [2.45, 2.75) is 74.8 Å². The summed E-state index contributed by atoms with van der Waals surface area (Å²) >= 11 is 6.67. The molecule has 3 atom stereocenters. The molecule has 29 heteroatoms. The van der Waals surface area contributed by atoms with Crippen LogP contribution >= 0.6 is 11.6 Å². The molecule has 404 valence electrons. The minimum Gasteiger partial charge on any atom is -0.447 e. The number of ether oxygens (including phenoxy) is 2. The first-order valence-electron chi connectivity index (χ1n) is 22.5. The van der Waals surface area contributed by atoms with E-state index in [4.69, 9.17) is 21.1 Å². The fourth-order valence-electron chi connectivity index (χ4n) is 8.92. The van der Waals surface area contributed by atoms with E-state index in [-0.39, 0.29) is 49.0 Å². The number of nitrogens with zero attached hydrogens (tertiary/aromatic N) is 7. The molecule has 75 heavy (non-hydrogen) atoms. The van der Waals surface area contributed by atoms with Crippen molar-refractivity contribution < 1.29 is 79.8 Å². The summed E-state index contributed by atoms with van der Waals surface area (Å²) in [6.07, 6.45) is -11.5. The lowest BCUT2D eigenvalue weighted by molar-refractivity contribution is -0.143. The van der Waals surface area contributed by atoms with Gasteiger partial charge in [0.2, 0.25) is 15.9 Å². The highest BCUT2D eigenvalue weighted by molar-refractivity contribution is 7.93. The van der Waals surface area contributed by atoms with E-state index in [9.17, 15) is 61.5 Å². The van der Waals surface area contributed by atoms with Gasteiger partial charge in [-0.05, 0) is 74.4 Å². The van der Waals surface area contributed by atoms with Gasteiger partial charge in [0.05, 0.1) is 47.1 Å². The molecule has 16 nitrogen and oxygen atoms in total. The largest absolute Gasteiger partial charge is 0.447 e. The second-order valence-corrected chi connectivity index (χ2v) is 23.4. The minimum absolute atomic E-state index is 0.00328. The SMILES string of the molecule is CC(C)(C#Cc1ccc(-c2ccc(Cl)c3c(N(C(=O)OCCN4CCOCC4)S(C)(=O)=O)nn(CC(F)(F)F)c23)c([C@H](Cc2cc(F)cc(F)c2)NC(=O)Cn2nc(C(F)(F)F)c3c2C(F)(F)[C@@H]2C[C@H]32)n1)S(C)(=O)=O. The van der Waals surface area contributed by atoms with Crippen LogP contribution in [0.3, 0.4) is 0 Å². The number of fused-ring (bicyclic) bond motifs is 4. The first-order valence-corrected chi connectivity index (χ1v) is 26.6. The van der Waals surface area contributed by atoms with E-state index in [2.05, 4.69) is 32.3 Å². The number of sulfone groups is 1. The number of aromatic nitrogens is 5.